The van der Waals surface area contributed by atoms with Crippen molar-refractivity contribution in [1.29, 1.82) is 0 Å². The van der Waals surface area contributed by atoms with Gasteiger partial charge in [-0.05, 0) is 44.0 Å². The highest BCUT2D eigenvalue weighted by atomic mass is 32.2. The van der Waals surface area contributed by atoms with E-state index >= 15 is 0 Å². The predicted molar refractivity (Wildman–Crippen MR) is 98.3 cm³/mol. The molecule has 1 aliphatic rings. The van der Waals surface area contributed by atoms with Gasteiger partial charge in [0.1, 0.15) is 0 Å². The van der Waals surface area contributed by atoms with Gasteiger partial charge in [0.15, 0.2) is 0 Å². The van der Waals surface area contributed by atoms with Crippen molar-refractivity contribution in [2.45, 2.75) is 37.3 Å². The Balaban J connectivity index is 1.92. The summed E-state index contributed by atoms with van der Waals surface area (Å²) < 4.78 is 0. The molecular formula is C19H20N2O2S. The van der Waals surface area contributed by atoms with Gasteiger partial charge >= 0.3 is 0 Å². The second-order valence-electron chi connectivity index (χ2n) is 6.16. The predicted octanol–water partition coefficient (Wildman–Crippen LogP) is 3.62. The van der Waals surface area contributed by atoms with Gasteiger partial charge in [-0.3, -0.25) is 9.59 Å². The number of nitrogen functional groups attached to an aromatic ring is 1. The molecule has 2 aromatic rings. The third-order valence-electron chi connectivity index (χ3n) is 4.15. The molecule has 5 heteroatoms. The quantitative estimate of drug-likeness (QED) is 0.685. The zero-order valence-electron chi connectivity index (χ0n) is 14.0. The zero-order chi connectivity index (χ0) is 17.4. The van der Waals surface area contributed by atoms with Crippen LogP contribution in [-0.2, 0) is 9.59 Å². The SMILES string of the molecule is Cc1cc(C)c(N2C(=O)CC(Sc3ccccc3N)C2=O)c(C)c1. The fourth-order valence-corrected chi connectivity index (χ4v) is 4.30. The van der Waals surface area contributed by atoms with Crippen LogP contribution in [0.4, 0.5) is 11.4 Å². The molecule has 1 atom stereocenters. The Morgan fingerprint density at radius 2 is 1.71 bits per heavy atom. The van der Waals surface area contributed by atoms with Gasteiger partial charge in [0.25, 0.3) is 0 Å². The first-order valence-electron chi connectivity index (χ1n) is 7.84. The van der Waals surface area contributed by atoms with Crippen molar-refractivity contribution in [1.82, 2.24) is 0 Å². The number of para-hydroxylation sites is 1. The number of carbonyl (C=O) groups excluding carboxylic acids is 2. The number of hydrogen-bond acceptors (Lipinski definition) is 4. The van der Waals surface area contributed by atoms with Crippen molar-refractivity contribution < 1.29 is 9.59 Å². The van der Waals surface area contributed by atoms with E-state index in [0.29, 0.717) is 5.69 Å². The Kier molecular flexibility index (Phi) is 4.37. The van der Waals surface area contributed by atoms with Crippen LogP contribution >= 0.6 is 11.8 Å². The van der Waals surface area contributed by atoms with E-state index in [1.54, 1.807) is 6.07 Å². The summed E-state index contributed by atoms with van der Waals surface area (Å²) in [5, 5.41) is -0.428. The van der Waals surface area contributed by atoms with Crippen LogP contribution in [0.3, 0.4) is 0 Å². The molecule has 0 spiro atoms. The lowest BCUT2D eigenvalue weighted by atomic mass is 10.0. The highest BCUT2D eigenvalue weighted by Crippen LogP contribution is 2.38. The second kappa shape index (κ2) is 6.32. The summed E-state index contributed by atoms with van der Waals surface area (Å²) in [6.45, 7) is 5.88. The van der Waals surface area contributed by atoms with Crippen LogP contribution in [-0.4, -0.2) is 17.1 Å². The van der Waals surface area contributed by atoms with Crippen LogP contribution in [0.5, 0.6) is 0 Å². The summed E-state index contributed by atoms with van der Waals surface area (Å²) in [5.41, 5.74) is 10.3. The monoisotopic (exact) mass is 340 g/mol. The number of hydrogen-bond donors (Lipinski definition) is 1. The molecule has 0 radical (unpaired) electrons. The average Bonchev–Trinajstić information content (AvgIpc) is 2.76. The number of benzene rings is 2. The maximum absolute atomic E-state index is 12.9. The molecule has 2 aromatic carbocycles. The third-order valence-corrected chi connectivity index (χ3v) is 5.43. The zero-order valence-corrected chi connectivity index (χ0v) is 14.8. The molecule has 3 rings (SSSR count). The Bertz CT molecular complexity index is 809. The van der Waals surface area contributed by atoms with Crippen molar-refractivity contribution in [3.63, 3.8) is 0 Å². The molecular weight excluding hydrogens is 320 g/mol. The van der Waals surface area contributed by atoms with Crippen molar-refractivity contribution in [3.05, 3.63) is 53.1 Å². The van der Waals surface area contributed by atoms with E-state index in [1.165, 1.54) is 16.7 Å². The largest absolute Gasteiger partial charge is 0.398 e. The Morgan fingerprint density at radius 3 is 2.33 bits per heavy atom. The van der Waals surface area contributed by atoms with E-state index in [9.17, 15) is 9.59 Å². The van der Waals surface area contributed by atoms with Crippen LogP contribution in [0.1, 0.15) is 23.1 Å². The molecule has 2 amide bonds. The Hall–Kier alpha value is -2.27. The molecule has 2 N–H and O–H groups in total. The van der Waals surface area contributed by atoms with Crippen LogP contribution in [0.2, 0.25) is 0 Å². The summed E-state index contributed by atoms with van der Waals surface area (Å²) in [7, 11) is 0. The van der Waals surface area contributed by atoms with Gasteiger partial charge in [0.05, 0.1) is 10.9 Å². The van der Waals surface area contributed by atoms with Crippen LogP contribution in [0, 0.1) is 20.8 Å². The van der Waals surface area contributed by atoms with Crippen molar-refractivity contribution in [2.24, 2.45) is 0 Å². The number of anilines is 2. The fraction of sp³-hybridized carbons (Fsp3) is 0.263. The molecule has 0 saturated carbocycles. The average molecular weight is 340 g/mol. The van der Waals surface area contributed by atoms with Crippen LogP contribution in [0.25, 0.3) is 0 Å². The molecule has 1 fully saturated rings. The molecule has 1 heterocycles. The lowest BCUT2D eigenvalue weighted by molar-refractivity contribution is -0.121. The highest BCUT2D eigenvalue weighted by Gasteiger charge is 2.41. The highest BCUT2D eigenvalue weighted by molar-refractivity contribution is 8.00. The summed E-state index contributed by atoms with van der Waals surface area (Å²) in [6, 6.07) is 11.4. The van der Waals surface area contributed by atoms with E-state index in [4.69, 9.17) is 5.73 Å². The van der Waals surface area contributed by atoms with Crippen molar-refractivity contribution >= 4 is 35.0 Å². The number of aryl methyl sites for hydroxylation is 3. The van der Waals surface area contributed by atoms with Crippen molar-refractivity contribution in [3.8, 4) is 0 Å². The molecule has 0 aliphatic carbocycles. The minimum atomic E-state index is -0.428. The molecule has 0 aromatic heterocycles. The maximum Gasteiger partial charge on any atom is 0.247 e. The van der Waals surface area contributed by atoms with E-state index in [-0.39, 0.29) is 18.2 Å². The number of imide groups is 1. The minimum Gasteiger partial charge on any atom is -0.398 e. The molecule has 24 heavy (non-hydrogen) atoms. The number of nitrogens with two attached hydrogens (primary N) is 1. The van der Waals surface area contributed by atoms with Gasteiger partial charge in [-0.15, -0.1) is 11.8 Å². The first kappa shape index (κ1) is 16.6. The lowest BCUT2D eigenvalue weighted by Crippen LogP contribution is -2.32. The normalized spacial score (nSPS) is 17.6. The summed E-state index contributed by atoms with van der Waals surface area (Å²) in [6.07, 6.45) is 0.199. The Morgan fingerprint density at radius 1 is 1.08 bits per heavy atom. The van der Waals surface area contributed by atoms with Gasteiger partial charge in [-0.25, -0.2) is 4.90 Å². The molecule has 0 bridgehead atoms. The van der Waals surface area contributed by atoms with Gasteiger partial charge in [-0.1, -0.05) is 29.8 Å². The standard InChI is InChI=1S/C19H20N2O2S/c1-11-8-12(2)18(13(3)9-11)21-17(22)10-16(19(21)23)24-15-7-5-4-6-14(15)20/h4-9,16H,10,20H2,1-3H3. The summed E-state index contributed by atoms with van der Waals surface area (Å²) in [5.74, 6) is -0.314. The first-order valence-corrected chi connectivity index (χ1v) is 8.72. The number of rotatable bonds is 3. The number of carbonyl (C=O) groups is 2. The molecule has 1 aliphatic heterocycles. The first-order chi connectivity index (χ1) is 11.4. The van der Waals surface area contributed by atoms with E-state index < -0.39 is 5.25 Å². The third kappa shape index (κ3) is 2.91. The van der Waals surface area contributed by atoms with E-state index in [0.717, 1.165) is 27.3 Å². The number of thioether (sulfide) groups is 1. The summed E-state index contributed by atoms with van der Waals surface area (Å²) >= 11 is 1.37. The molecule has 4 nitrogen and oxygen atoms in total. The van der Waals surface area contributed by atoms with E-state index in [2.05, 4.69) is 0 Å². The van der Waals surface area contributed by atoms with Gasteiger partial charge < -0.3 is 5.73 Å². The summed E-state index contributed by atoms with van der Waals surface area (Å²) in [4.78, 5) is 27.6. The second-order valence-corrected chi connectivity index (χ2v) is 7.41. The minimum absolute atomic E-state index is 0.151. The number of amides is 2. The molecule has 1 saturated heterocycles. The van der Waals surface area contributed by atoms with Crippen molar-refractivity contribution in [2.75, 3.05) is 10.6 Å². The maximum atomic E-state index is 12.9. The van der Waals surface area contributed by atoms with E-state index in [1.807, 2.05) is 51.1 Å². The fourth-order valence-electron chi connectivity index (χ4n) is 3.20. The smallest absolute Gasteiger partial charge is 0.247 e. The van der Waals surface area contributed by atoms with Crippen LogP contribution in [0.15, 0.2) is 41.3 Å². The molecule has 1 unspecified atom stereocenters. The van der Waals surface area contributed by atoms with Crippen LogP contribution < -0.4 is 10.6 Å². The van der Waals surface area contributed by atoms with Gasteiger partial charge in [0.2, 0.25) is 11.8 Å². The lowest BCUT2D eigenvalue weighted by Gasteiger charge is -2.20. The van der Waals surface area contributed by atoms with Gasteiger partial charge in [-0.2, -0.15) is 0 Å². The molecule has 124 valence electrons. The topological polar surface area (TPSA) is 63.4 Å². The van der Waals surface area contributed by atoms with Gasteiger partial charge in [0, 0.05) is 17.0 Å². The number of nitrogens with zero attached hydrogens (tertiary/aromatic N) is 1. The Labute approximate surface area is 146 Å².